The molecule has 1 N–H and O–H groups in total. The van der Waals surface area contributed by atoms with Gasteiger partial charge in [0, 0.05) is 34.8 Å². The molecule has 6 heteroatoms. The van der Waals surface area contributed by atoms with Gasteiger partial charge in [-0.05, 0) is 54.1 Å². The van der Waals surface area contributed by atoms with Crippen LogP contribution in [-0.2, 0) is 11.3 Å². The second kappa shape index (κ2) is 8.21. The van der Waals surface area contributed by atoms with E-state index in [-0.39, 0.29) is 11.7 Å². The summed E-state index contributed by atoms with van der Waals surface area (Å²) in [5, 5.41) is 9.91. The second-order valence-electron chi connectivity index (χ2n) is 7.77. The Bertz CT molecular complexity index is 1250. The van der Waals surface area contributed by atoms with Crippen LogP contribution in [0.25, 0.3) is 22.3 Å². The Hall–Kier alpha value is -3.09. The zero-order valence-electron chi connectivity index (χ0n) is 16.6. The number of halogens is 1. The molecule has 0 atom stereocenters. The average Bonchev–Trinajstić information content (AvgIpc) is 3.14. The largest absolute Gasteiger partial charge is 0.481 e. The molecule has 0 bridgehead atoms. The fourth-order valence-electron chi connectivity index (χ4n) is 3.81. The molecule has 0 spiro atoms. The van der Waals surface area contributed by atoms with Gasteiger partial charge < -0.3 is 9.52 Å². The molecular formula is C25H20FNO3S. The average molecular weight is 434 g/mol. The number of hydrogen-bond donors (Lipinski definition) is 1. The Morgan fingerprint density at radius 2 is 1.84 bits per heavy atom. The Morgan fingerprint density at radius 3 is 2.58 bits per heavy atom. The van der Waals surface area contributed by atoms with E-state index in [1.165, 1.54) is 6.07 Å². The summed E-state index contributed by atoms with van der Waals surface area (Å²) < 4.78 is 20.7. The van der Waals surface area contributed by atoms with Crippen LogP contribution in [0.15, 0.2) is 87.0 Å². The van der Waals surface area contributed by atoms with Crippen molar-refractivity contribution in [1.82, 2.24) is 4.90 Å². The molecule has 1 aliphatic heterocycles. The van der Waals surface area contributed by atoms with Crippen LogP contribution in [-0.4, -0.2) is 29.1 Å². The maximum absolute atomic E-state index is 14.8. The van der Waals surface area contributed by atoms with E-state index in [9.17, 15) is 9.18 Å². The Balaban J connectivity index is 1.33. The topological polar surface area (TPSA) is 53.7 Å². The predicted molar refractivity (Wildman–Crippen MR) is 119 cm³/mol. The summed E-state index contributed by atoms with van der Waals surface area (Å²) >= 11 is 1.67. The Morgan fingerprint density at radius 1 is 1.03 bits per heavy atom. The lowest BCUT2D eigenvalue weighted by atomic mass is 9.99. The van der Waals surface area contributed by atoms with Crippen molar-refractivity contribution in [3.63, 3.8) is 0 Å². The van der Waals surface area contributed by atoms with Crippen LogP contribution in [0.2, 0.25) is 0 Å². The number of furan rings is 1. The molecule has 4 aromatic rings. The first-order chi connectivity index (χ1) is 15.0. The second-order valence-corrected chi connectivity index (χ2v) is 8.92. The van der Waals surface area contributed by atoms with E-state index in [0.717, 1.165) is 26.3 Å². The van der Waals surface area contributed by atoms with Gasteiger partial charge in [0.25, 0.3) is 0 Å². The highest BCUT2D eigenvalue weighted by atomic mass is 32.2. The lowest BCUT2D eigenvalue weighted by Gasteiger charge is -2.36. The van der Waals surface area contributed by atoms with Crippen LogP contribution >= 0.6 is 11.8 Å². The van der Waals surface area contributed by atoms with Crippen LogP contribution in [0.1, 0.15) is 5.56 Å². The Labute approximate surface area is 183 Å². The summed E-state index contributed by atoms with van der Waals surface area (Å²) in [5.41, 5.74) is 1.96. The van der Waals surface area contributed by atoms with Crippen molar-refractivity contribution in [1.29, 1.82) is 0 Å². The third-order valence-electron chi connectivity index (χ3n) is 5.48. The van der Waals surface area contributed by atoms with Gasteiger partial charge in [-0.15, -0.1) is 0 Å². The molecule has 156 valence electrons. The van der Waals surface area contributed by atoms with Crippen LogP contribution < -0.4 is 0 Å². The summed E-state index contributed by atoms with van der Waals surface area (Å²) in [7, 11) is 0. The van der Waals surface area contributed by atoms with Gasteiger partial charge in [0.2, 0.25) is 0 Å². The van der Waals surface area contributed by atoms with Crippen molar-refractivity contribution in [2.45, 2.75) is 16.3 Å². The number of benzene rings is 3. The minimum Gasteiger partial charge on any atom is -0.481 e. The summed E-state index contributed by atoms with van der Waals surface area (Å²) in [6, 6.07) is 23.1. The number of fused-ring (bicyclic) bond motifs is 1. The molecule has 1 aliphatic rings. The number of carboxylic acid groups (broad SMARTS) is 1. The third kappa shape index (κ3) is 4.22. The summed E-state index contributed by atoms with van der Waals surface area (Å²) in [6.07, 6.45) is 0. The number of carboxylic acids is 1. The van der Waals surface area contributed by atoms with Gasteiger partial charge in [-0.25, -0.2) is 4.39 Å². The number of rotatable bonds is 6. The monoisotopic (exact) mass is 433 g/mol. The van der Waals surface area contributed by atoms with Gasteiger partial charge in [-0.2, -0.15) is 0 Å². The van der Waals surface area contributed by atoms with Crippen LogP contribution in [0, 0.1) is 11.7 Å². The molecule has 1 saturated heterocycles. The minimum absolute atomic E-state index is 0.315. The smallest absolute Gasteiger partial charge is 0.309 e. The van der Waals surface area contributed by atoms with E-state index in [1.54, 1.807) is 17.8 Å². The Kier molecular flexibility index (Phi) is 5.26. The van der Waals surface area contributed by atoms with E-state index in [1.807, 2.05) is 47.4 Å². The van der Waals surface area contributed by atoms with Crippen molar-refractivity contribution < 1.29 is 18.7 Å². The number of likely N-dealkylation sites (tertiary alicyclic amines) is 1. The van der Waals surface area contributed by atoms with E-state index in [0.29, 0.717) is 31.0 Å². The fraction of sp³-hybridized carbons (Fsp3) is 0.160. The first kappa shape index (κ1) is 19.8. The van der Waals surface area contributed by atoms with E-state index < -0.39 is 5.97 Å². The summed E-state index contributed by atoms with van der Waals surface area (Å²) in [4.78, 5) is 15.2. The molecule has 1 fully saturated rings. The molecule has 2 heterocycles. The third-order valence-corrected chi connectivity index (χ3v) is 6.48. The number of nitrogens with zero attached hydrogens (tertiary/aromatic N) is 1. The molecule has 0 saturated carbocycles. The van der Waals surface area contributed by atoms with Crippen molar-refractivity contribution in [2.75, 3.05) is 13.1 Å². The molecule has 3 aromatic carbocycles. The number of carbonyl (C=O) groups is 1. The van der Waals surface area contributed by atoms with Crippen molar-refractivity contribution in [3.05, 3.63) is 84.2 Å². The summed E-state index contributed by atoms with van der Waals surface area (Å²) in [6.45, 7) is 1.55. The van der Waals surface area contributed by atoms with Crippen LogP contribution in [0.4, 0.5) is 4.39 Å². The first-order valence-electron chi connectivity index (χ1n) is 10.1. The lowest BCUT2D eigenvalue weighted by molar-refractivity contribution is -0.147. The molecule has 1 aromatic heterocycles. The van der Waals surface area contributed by atoms with Crippen molar-refractivity contribution in [3.8, 4) is 11.3 Å². The molecule has 0 radical (unpaired) electrons. The minimum atomic E-state index is -0.770. The van der Waals surface area contributed by atoms with Crippen molar-refractivity contribution >= 4 is 28.7 Å². The van der Waals surface area contributed by atoms with Gasteiger partial charge in [-0.3, -0.25) is 9.69 Å². The number of aliphatic carboxylic acids is 1. The van der Waals surface area contributed by atoms with Gasteiger partial charge in [0.15, 0.2) is 0 Å². The zero-order valence-corrected chi connectivity index (χ0v) is 17.4. The van der Waals surface area contributed by atoms with E-state index in [4.69, 9.17) is 9.52 Å². The van der Waals surface area contributed by atoms with E-state index >= 15 is 0 Å². The lowest BCUT2D eigenvalue weighted by Crippen LogP contribution is -2.49. The fourth-order valence-corrected chi connectivity index (χ4v) is 4.70. The number of hydrogen-bond acceptors (Lipinski definition) is 4. The summed E-state index contributed by atoms with van der Waals surface area (Å²) in [5.74, 6) is -0.931. The van der Waals surface area contributed by atoms with Gasteiger partial charge >= 0.3 is 5.97 Å². The van der Waals surface area contributed by atoms with Gasteiger partial charge in [0.1, 0.15) is 17.2 Å². The zero-order chi connectivity index (χ0) is 21.4. The van der Waals surface area contributed by atoms with Crippen molar-refractivity contribution in [2.24, 2.45) is 5.92 Å². The molecule has 0 aliphatic carbocycles. The molecule has 4 nitrogen and oxygen atoms in total. The normalized spacial score (nSPS) is 14.6. The maximum atomic E-state index is 14.8. The molecular weight excluding hydrogens is 413 g/mol. The van der Waals surface area contributed by atoms with Gasteiger partial charge in [0.05, 0.1) is 11.5 Å². The highest BCUT2D eigenvalue weighted by Gasteiger charge is 2.32. The molecule has 31 heavy (non-hydrogen) atoms. The standard InChI is InChI=1S/C25H20FNO3S/c26-22-10-16(13-27-14-18(15-27)25(28)29)6-8-21(22)24-12-17-11-20(7-9-23(17)30-24)31-19-4-2-1-3-5-19/h1-12,18H,13-15H2,(H,28,29). The van der Waals surface area contributed by atoms with Gasteiger partial charge in [-0.1, -0.05) is 36.0 Å². The van der Waals surface area contributed by atoms with E-state index in [2.05, 4.69) is 18.2 Å². The molecule has 0 unspecified atom stereocenters. The van der Waals surface area contributed by atoms with Crippen LogP contribution in [0.5, 0.6) is 0 Å². The molecule has 0 amide bonds. The SMILES string of the molecule is O=C(O)C1CN(Cc2ccc(-c3cc4cc(Sc5ccccc5)ccc4o3)c(F)c2)C1. The van der Waals surface area contributed by atoms with Crippen LogP contribution in [0.3, 0.4) is 0 Å². The highest BCUT2D eigenvalue weighted by Crippen LogP contribution is 2.34. The predicted octanol–water partition coefficient (Wildman–Crippen LogP) is 5.91. The highest BCUT2D eigenvalue weighted by molar-refractivity contribution is 7.99. The maximum Gasteiger partial charge on any atom is 0.309 e. The quantitative estimate of drug-likeness (QED) is 0.410. The first-order valence-corrected chi connectivity index (χ1v) is 10.9. The molecule has 5 rings (SSSR count).